The second-order valence-corrected chi connectivity index (χ2v) is 7.25. The van der Waals surface area contributed by atoms with E-state index in [2.05, 4.69) is 70.3 Å². The molecular weight excluding hydrogens is 344 g/mol. The van der Waals surface area contributed by atoms with Gasteiger partial charge in [0.1, 0.15) is 5.82 Å². The second kappa shape index (κ2) is 10.8. The molecule has 2 N–H and O–H groups in total. The number of rotatable bonds is 9. The summed E-state index contributed by atoms with van der Waals surface area (Å²) in [6, 6.07) is 4.18. The average Bonchev–Trinajstić information content (AvgIpc) is 3.07. The van der Waals surface area contributed by atoms with Crippen molar-refractivity contribution in [1.82, 2.24) is 20.6 Å². The first-order chi connectivity index (χ1) is 12.7. The van der Waals surface area contributed by atoms with Gasteiger partial charge in [-0.05, 0) is 39.3 Å². The largest absolute Gasteiger partial charge is 0.357 e. The number of nitrogens with zero attached hydrogens (tertiary/aromatic N) is 4. The highest BCUT2D eigenvalue weighted by atomic mass is 32.1. The Hall–Kier alpha value is -2.15. The van der Waals surface area contributed by atoms with Gasteiger partial charge in [0, 0.05) is 49.9 Å². The first-order valence-corrected chi connectivity index (χ1v) is 10.1. The standard InChI is InChI=1S/C19H30N6S/c1-5-20-19(21-11-10-18-23-12-15(4)26-18)24-14-16-8-9-17(22-13-16)25(6-2)7-3/h8-9,12-13H,5-7,10-11,14H2,1-4H3,(H2,20,21,24). The van der Waals surface area contributed by atoms with E-state index in [9.17, 15) is 0 Å². The van der Waals surface area contributed by atoms with Gasteiger partial charge in [-0.2, -0.15) is 0 Å². The number of anilines is 1. The number of guanidine groups is 1. The Morgan fingerprint density at radius 1 is 1.12 bits per heavy atom. The molecule has 0 saturated heterocycles. The first-order valence-electron chi connectivity index (χ1n) is 9.29. The molecule has 0 aliphatic rings. The average molecular weight is 375 g/mol. The summed E-state index contributed by atoms with van der Waals surface area (Å²) in [6.45, 7) is 12.6. The number of aromatic nitrogens is 2. The molecule has 0 unspecified atom stereocenters. The Labute approximate surface area is 160 Å². The Morgan fingerprint density at radius 2 is 1.92 bits per heavy atom. The Kier molecular flexibility index (Phi) is 8.34. The summed E-state index contributed by atoms with van der Waals surface area (Å²) in [5, 5.41) is 7.81. The maximum absolute atomic E-state index is 4.66. The molecule has 26 heavy (non-hydrogen) atoms. The molecule has 142 valence electrons. The van der Waals surface area contributed by atoms with Crippen LogP contribution in [0.5, 0.6) is 0 Å². The minimum absolute atomic E-state index is 0.608. The van der Waals surface area contributed by atoms with Crippen molar-refractivity contribution in [1.29, 1.82) is 0 Å². The van der Waals surface area contributed by atoms with Crippen LogP contribution in [0.3, 0.4) is 0 Å². The van der Waals surface area contributed by atoms with Crippen molar-refractivity contribution in [3.63, 3.8) is 0 Å². The highest BCUT2D eigenvalue weighted by Gasteiger charge is 2.04. The molecule has 0 aliphatic heterocycles. The predicted molar refractivity (Wildman–Crippen MR) is 111 cm³/mol. The summed E-state index contributed by atoms with van der Waals surface area (Å²) < 4.78 is 0. The van der Waals surface area contributed by atoms with Crippen LogP contribution in [0.15, 0.2) is 29.5 Å². The molecule has 0 aromatic carbocycles. The molecule has 0 amide bonds. The summed E-state index contributed by atoms with van der Waals surface area (Å²) >= 11 is 1.75. The lowest BCUT2D eigenvalue weighted by Crippen LogP contribution is -2.38. The smallest absolute Gasteiger partial charge is 0.191 e. The normalized spacial score (nSPS) is 11.5. The number of aryl methyl sites for hydroxylation is 1. The summed E-state index contributed by atoms with van der Waals surface area (Å²) in [6.07, 6.45) is 4.75. The van der Waals surface area contributed by atoms with Crippen molar-refractivity contribution in [3.05, 3.63) is 40.0 Å². The molecule has 2 heterocycles. The van der Waals surface area contributed by atoms with Gasteiger partial charge in [0.25, 0.3) is 0 Å². The molecule has 2 rings (SSSR count). The molecule has 0 saturated carbocycles. The fourth-order valence-electron chi connectivity index (χ4n) is 2.56. The van der Waals surface area contributed by atoms with Crippen LogP contribution < -0.4 is 15.5 Å². The van der Waals surface area contributed by atoms with E-state index >= 15 is 0 Å². The Balaban J connectivity index is 1.88. The second-order valence-electron chi connectivity index (χ2n) is 5.93. The van der Waals surface area contributed by atoms with Gasteiger partial charge in [-0.15, -0.1) is 11.3 Å². The van der Waals surface area contributed by atoms with Gasteiger partial charge in [-0.3, -0.25) is 0 Å². The highest BCUT2D eigenvalue weighted by molar-refractivity contribution is 7.11. The van der Waals surface area contributed by atoms with E-state index < -0.39 is 0 Å². The fraction of sp³-hybridized carbons (Fsp3) is 0.526. The number of thiazole rings is 1. The Morgan fingerprint density at radius 3 is 2.50 bits per heavy atom. The maximum Gasteiger partial charge on any atom is 0.191 e. The Bertz CT molecular complexity index is 676. The van der Waals surface area contributed by atoms with Crippen LogP contribution in [0.4, 0.5) is 5.82 Å². The maximum atomic E-state index is 4.66. The molecule has 0 aliphatic carbocycles. The van der Waals surface area contributed by atoms with Gasteiger partial charge in [0.2, 0.25) is 0 Å². The minimum Gasteiger partial charge on any atom is -0.357 e. The van der Waals surface area contributed by atoms with Crippen LogP contribution in [0.2, 0.25) is 0 Å². The van der Waals surface area contributed by atoms with Gasteiger partial charge in [0.05, 0.1) is 11.6 Å². The van der Waals surface area contributed by atoms with Crippen molar-refractivity contribution in [3.8, 4) is 0 Å². The highest BCUT2D eigenvalue weighted by Crippen LogP contribution is 2.12. The van der Waals surface area contributed by atoms with Crippen LogP contribution in [0.1, 0.15) is 36.2 Å². The van der Waals surface area contributed by atoms with E-state index in [0.717, 1.165) is 54.9 Å². The van der Waals surface area contributed by atoms with Crippen molar-refractivity contribution < 1.29 is 0 Å². The zero-order chi connectivity index (χ0) is 18.8. The molecule has 0 bridgehead atoms. The lowest BCUT2D eigenvalue weighted by molar-refractivity contribution is 0.795. The molecule has 0 atom stereocenters. The number of pyridine rings is 1. The third-order valence-electron chi connectivity index (χ3n) is 3.96. The zero-order valence-corrected chi connectivity index (χ0v) is 17.1. The van der Waals surface area contributed by atoms with E-state index in [1.165, 1.54) is 4.88 Å². The third kappa shape index (κ3) is 6.29. The fourth-order valence-corrected chi connectivity index (χ4v) is 3.35. The van der Waals surface area contributed by atoms with Crippen molar-refractivity contribution in [2.75, 3.05) is 31.1 Å². The quantitative estimate of drug-likeness (QED) is 0.522. The topological polar surface area (TPSA) is 65.4 Å². The van der Waals surface area contributed by atoms with Crippen LogP contribution >= 0.6 is 11.3 Å². The van der Waals surface area contributed by atoms with E-state index in [-0.39, 0.29) is 0 Å². The number of hydrogen-bond donors (Lipinski definition) is 2. The number of nitrogens with one attached hydrogen (secondary N) is 2. The summed E-state index contributed by atoms with van der Waals surface area (Å²) in [5.74, 6) is 1.85. The first kappa shape index (κ1) is 20.2. The van der Waals surface area contributed by atoms with E-state index in [4.69, 9.17) is 0 Å². The van der Waals surface area contributed by atoms with Crippen LogP contribution in [-0.4, -0.2) is 42.1 Å². The number of hydrogen-bond acceptors (Lipinski definition) is 5. The van der Waals surface area contributed by atoms with Gasteiger partial charge in [-0.1, -0.05) is 6.07 Å². The SMILES string of the molecule is CCNC(=NCc1ccc(N(CC)CC)nc1)NCCc1ncc(C)s1. The monoisotopic (exact) mass is 374 g/mol. The summed E-state index contributed by atoms with van der Waals surface area (Å²) in [4.78, 5) is 17.1. The van der Waals surface area contributed by atoms with Crippen molar-refractivity contribution in [2.24, 2.45) is 4.99 Å². The molecule has 2 aromatic heterocycles. The molecule has 7 heteroatoms. The van der Waals surface area contributed by atoms with Gasteiger partial charge >= 0.3 is 0 Å². The minimum atomic E-state index is 0.608. The molecular formula is C19H30N6S. The zero-order valence-electron chi connectivity index (χ0n) is 16.2. The summed E-state index contributed by atoms with van der Waals surface area (Å²) in [7, 11) is 0. The van der Waals surface area contributed by atoms with E-state index in [1.54, 1.807) is 11.3 Å². The molecule has 0 radical (unpaired) electrons. The molecule has 2 aromatic rings. The molecule has 0 spiro atoms. The van der Waals surface area contributed by atoms with E-state index in [1.807, 2.05) is 12.4 Å². The number of aliphatic imine (C=N–C) groups is 1. The van der Waals surface area contributed by atoms with Crippen molar-refractivity contribution >= 4 is 23.1 Å². The van der Waals surface area contributed by atoms with Gasteiger partial charge in [0.15, 0.2) is 5.96 Å². The van der Waals surface area contributed by atoms with E-state index in [0.29, 0.717) is 6.54 Å². The molecule has 0 fully saturated rings. The third-order valence-corrected chi connectivity index (χ3v) is 4.93. The molecule has 6 nitrogen and oxygen atoms in total. The van der Waals surface area contributed by atoms with Crippen LogP contribution in [0.25, 0.3) is 0 Å². The summed E-state index contributed by atoms with van der Waals surface area (Å²) in [5.41, 5.74) is 1.11. The lowest BCUT2D eigenvalue weighted by Gasteiger charge is -2.19. The lowest BCUT2D eigenvalue weighted by atomic mass is 10.3. The predicted octanol–water partition coefficient (Wildman–Crippen LogP) is 2.99. The van der Waals surface area contributed by atoms with Crippen LogP contribution in [0, 0.1) is 6.92 Å². The van der Waals surface area contributed by atoms with Gasteiger partial charge < -0.3 is 15.5 Å². The van der Waals surface area contributed by atoms with Gasteiger partial charge in [-0.25, -0.2) is 15.0 Å². The van der Waals surface area contributed by atoms with Crippen molar-refractivity contribution in [2.45, 2.75) is 40.7 Å². The van der Waals surface area contributed by atoms with Crippen LogP contribution in [-0.2, 0) is 13.0 Å².